The first-order valence-electron chi connectivity index (χ1n) is 8.02. The van der Waals surface area contributed by atoms with Crippen LogP contribution in [0.1, 0.15) is 5.56 Å². The van der Waals surface area contributed by atoms with Crippen molar-refractivity contribution in [1.29, 1.82) is 0 Å². The van der Waals surface area contributed by atoms with Crippen molar-refractivity contribution in [2.24, 2.45) is 0 Å². The molecule has 0 atom stereocenters. The molecule has 1 aromatic heterocycles. The summed E-state index contributed by atoms with van der Waals surface area (Å²) in [6, 6.07) is 10.8. The van der Waals surface area contributed by atoms with E-state index >= 15 is 0 Å². The zero-order chi connectivity index (χ0) is 18.3. The number of thioether (sulfide) groups is 1. The smallest absolute Gasteiger partial charge is 0.261 e. The second-order valence-electron chi connectivity index (χ2n) is 6.05. The molecule has 1 aliphatic rings. The van der Waals surface area contributed by atoms with E-state index in [0.29, 0.717) is 5.69 Å². The monoisotopic (exact) mass is 389 g/mol. The lowest BCUT2D eigenvalue weighted by atomic mass is 10.1. The summed E-state index contributed by atoms with van der Waals surface area (Å²) in [5, 5.41) is 0.979. The minimum atomic E-state index is -3.79. The maximum absolute atomic E-state index is 13.4. The van der Waals surface area contributed by atoms with E-state index in [0.717, 1.165) is 34.8 Å². The third-order valence-electron chi connectivity index (χ3n) is 4.15. The van der Waals surface area contributed by atoms with Crippen LogP contribution in [0.25, 0.3) is 11.3 Å². The van der Waals surface area contributed by atoms with Crippen molar-refractivity contribution in [3.8, 4) is 11.3 Å². The largest absolute Gasteiger partial charge is 0.325 e. The zero-order valence-corrected chi connectivity index (χ0v) is 15.6. The topological polar surface area (TPSA) is 64.0 Å². The van der Waals surface area contributed by atoms with E-state index in [9.17, 15) is 12.8 Å². The highest BCUT2D eigenvalue weighted by Gasteiger charge is 2.18. The average molecular weight is 389 g/mol. The van der Waals surface area contributed by atoms with Crippen molar-refractivity contribution >= 4 is 27.5 Å². The summed E-state index contributed by atoms with van der Waals surface area (Å²) in [5.41, 5.74) is 2.37. The van der Waals surface area contributed by atoms with Gasteiger partial charge in [0.2, 0.25) is 0 Å². The molecule has 0 aliphatic carbocycles. The fourth-order valence-corrected chi connectivity index (χ4v) is 4.87. The quantitative estimate of drug-likeness (QED) is 0.735. The van der Waals surface area contributed by atoms with Crippen LogP contribution in [-0.4, -0.2) is 23.7 Å². The first kappa shape index (κ1) is 17.1. The van der Waals surface area contributed by atoms with Crippen LogP contribution in [0.5, 0.6) is 0 Å². The number of imidazole rings is 1. The molecule has 1 aliphatic heterocycles. The summed E-state index contributed by atoms with van der Waals surface area (Å²) >= 11 is 1.71. The molecule has 0 unspecified atom stereocenters. The van der Waals surface area contributed by atoms with E-state index < -0.39 is 15.8 Å². The molecule has 0 saturated carbocycles. The second-order valence-corrected chi connectivity index (χ2v) is 8.79. The normalized spacial score (nSPS) is 13.6. The van der Waals surface area contributed by atoms with Gasteiger partial charge in [-0.25, -0.2) is 17.8 Å². The fraction of sp³-hybridized carbons (Fsp3) is 0.167. The van der Waals surface area contributed by atoms with Gasteiger partial charge in [0.15, 0.2) is 5.16 Å². The number of halogens is 1. The van der Waals surface area contributed by atoms with E-state index in [2.05, 4.69) is 14.3 Å². The molecule has 3 aromatic rings. The van der Waals surface area contributed by atoms with Gasteiger partial charge >= 0.3 is 0 Å². The fourth-order valence-electron chi connectivity index (χ4n) is 2.79. The molecule has 26 heavy (non-hydrogen) atoms. The molecule has 0 bridgehead atoms. The summed E-state index contributed by atoms with van der Waals surface area (Å²) in [6.07, 6.45) is 1.98. The van der Waals surface area contributed by atoms with Gasteiger partial charge in [-0.1, -0.05) is 23.9 Å². The van der Waals surface area contributed by atoms with Crippen LogP contribution in [0.4, 0.5) is 10.1 Å². The molecule has 8 heteroatoms. The highest BCUT2D eigenvalue weighted by atomic mass is 32.2. The Morgan fingerprint density at radius 2 is 2.08 bits per heavy atom. The Labute approximate surface area is 155 Å². The molecule has 0 amide bonds. The predicted octanol–water partition coefficient (Wildman–Crippen LogP) is 3.90. The molecule has 5 nitrogen and oxygen atoms in total. The number of nitrogens with zero attached hydrogens (tertiary/aromatic N) is 2. The number of anilines is 1. The van der Waals surface area contributed by atoms with Crippen LogP contribution in [0.3, 0.4) is 0 Å². The molecule has 4 rings (SSSR count). The van der Waals surface area contributed by atoms with E-state index in [1.54, 1.807) is 30.0 Å². The van der Waals surface area contributed by atoms with Gasteiger partial charge < -0.3 is 4.57 Å². The number of sulfonamides is 1. The lowest BCUT2D eigenvalue weighted by molar-refractivity contribution is 0.598. The first-order valence-corrected chi connectivity index (χ1v) is 10.5. The molecular formula is C18H16FN3O2S2. The maximum Gasteiger partial charge on any atom is 0.261 e. The molecule has 0 spiro atoms. The Balaban J connectivity index is 1.62. The summed E-state index contributed by atoms with van der Waals surface area (Å²) in [4.78, 5) is 4.61. The lowest BCUT2D eigenvalue weighted by Crippen LogP contribution is -2.13. The summed E-state index contributed by atoms with van der Waals surface area (Å²) in [7, 11) is -3.79. The van der Waals surface area contributed by atoms with Crippen molar-refractivity contribution in [3.63, 3.8) is 0 Å². The van der Waals surface area contributed by atoms with Gasteiger partial charge in [0.05, 0.1) is 10.6 Å². The molecule has 1 N–H and O–H groups in total. The number of rotatable bonds is 4. The summed E-state index contributed by atoms with van der Waals surface area (Å²) in [6.45, 7) is 2.47. The van der Waals surface area contributed by atoms with Gasteiger partial charge in [0, 0.05) is 29.7 Å². The van der Waals surface area contributed by atoms with Crippen LogP contribution in [0.2, 0.25) is 0 Å². The number of hydrogen-bond donors (Lipinski definition) is 1. The molecule has 0 radical (unpaired) electrons. The van der Waals surface area contributed by atoms with Gasteiger partial charge in [-0.05, 0) is 42.8 Å². The number of nitrogens with one attached hydrogen (secondary N) is 1. The van der Waals surface area contributed by atoms with Gasteiger partial charge in [0.1, 0.15) is 5.82 Å². The summed E-state index contributed by atoms with van der Waals surface area (Å²) in [5.74, 6) is 0.594. The van der Waals surface area contributed by atoms with E-state index in [1.807, 2.05) is 12.3 Å². The number of aryl methyl sites for hydroxylation is 2. The van der Waals surface area contributed by atoms with Crippen LogP contribution in [0.15, 0.2) is 58.7 Å². The first-order chi connectivity index (χ1) is 12.4. The van der Waals surface area contributed by atoms with Crippen molar-refractivity contribution in [2.75, 3.05) is 10.5 Å². The third kappa shape index (κ3) is 3.22. The highest BCUT2D eigenvalue weighted by Crippen LogP contribution is 2.30. The minimum Gasteiger partial charge on any atom is -0.325 e. The molecular weight excluding hydrogens is 373 g/mol. The number of aromatic nitrogens is 2. The molecule has 2 aromatic carbocycles. The van der Waals surface area contributed by atoms with E-state index in [4.69, 9.17) is 0 Å². The predicted molar refractivity (Wildman–Crippen MR) is 100 cm³/mol. The van der Waals surface area contributed by atoms with Crippen LogP contribution in [0, 0.1) is 12.7 Å². The maximum atomic E-state index is 13.4. The Kier molecular flexibility index (Phi) is 4.24. The Morgan fingerprint density at radius 3 is 2.85 bits per heavy atom. The van der Waals surface area contributed by atoms with Crippen molar-refractivity contribution in [3.05, 3.63) is 60.0 Å². The van der Waals surface area contributed by atoms with Gasteiger partial charge in [-0.3, -0.25) is 4.72 Å². The summed E-state index contributed by atoms with van der Waals surface area (Å²) < 4.78 is 43.2. The molecule has 134 valence electrons. The average Bonchev–Trinajstić information content (AvgIpc) is 3.19. The van der Waals surface area contributed by atoms with Gasteiger partial charge in [-0.15, -0.1) is 0 Å². The number of fused-ring (bicyclic) bond motifs is 1. The number of hydrogen-bond acceptors (Lipinski definition) is 4. The van der Waals surface area contributed by atoms with Gasteiger partial charge in [0.25, 0.3) is 10.0 Å². The van der Waals surface area contributed by atoms with Gasteiger partial charge in [-0.2, -0.15) is 0 Å². The second kappa shape index (κ2) is 6.44. The van der Waals surface area contributed by atoms with Crippen LogP contribution >= 0.6 is 11.8 Å². The SMILES string of the molecule is Cc1cc(S(=O)(=O)Nc2cccc(-c3cn4c(n3)SCC4)c2)ccc1F. The Bertz CT molecular complexity index is 1070. The van der Waals surface area contributed by atoms with E-state index in [1.165, 1.54) is 19.1 Å². The molecule has 0 saturated heterocycles. The van der Waals surface area contributed by atoms with Crippen LogP contribution < -0.4 is 4.72 Å². The molecule has 2 heterocycles. The standard InChI is InChI=1S/C18H16FN3O2S2/c1-12-9-15(5-6-16(12)19)26(23,24)21-14-4-2-3-13(10-14)17-11-22-7-8-25-18(22)20-17/h2-6,9-11,21H,7-8H2,1H3. The molecule has 0 fully saturated rings. The van der Waals surface area contributed by atoms with Crippen molar-refractivity contribution < 1.29 is 12.8 Å². The van der Waals surface area contributed by atoms with Crippen LogP contribution in [-0.2, 0) is 16.6 Å². The van der Waals surface area contributed by atoms with Crippen molar-refractivity contribution in [1.82, 2.24) is 9.55 Å². The minimum absolute atomic E-state index is 0.0270. The Hall–Kier alpha value is -2.32. The Morgan fingerprint density at radius 1 is 1.23 bits per heavy atom. The zero-order valence-electron chi connectivity index (χ0n) is 13.9. The highest BCUT2D eigenvalue weighted by molar-refractivity contribution is 7.99. The lowest BCUT2D eigenvalue weighted by Gasteiger charge is -2.10. The number of benzene rings is 2. The van der Waals surface area contributed by atoms with E-state index in [-0.39, 0.29) is 10.5 Å². The van der Waals surface area contributed by atoms with Crippen molar-refractivity contribution in [2.45, 2.75) is 23.5 Å². The third-order valence-corrected chi connectivity index (χ3v) is 6.50.